The first kappa shape index (κ1) is 13.1. The lowest BCUT2D eigenvalue weighted by molar-refractivity contribution is -0.139. The SMILES string of the molecule is O=C(O)C1CCN(C(=O)CC2CNC2)c2ccccc21. The third-order valence-corrected chi connectivity index (χ3v) is 4.17. The third-order valence-electron chi connectivity index (χ3n) is 4.17. The summed E-state index contributed by atoms with van der Waals surface area (Å²) in [6.07, 6.45) is 1.03. The molecule has 5 nitrogen and oxygen atoms in total. The largest absolute Gasteiger partial charge is 0.481 e. The molecule has 106 valence electrons. The van der Waals surface area contributed by atoms with Crippen LogP contribution in [0, 0.1) is 5.92 Å². The molecular formula is C15H18N2O3. The number of benzene rings is 1. The van der Waals surface area contributed by atoms with Crippen molar-refractivity contribution in [3.63, 3.8) is 0 Å². The minimum absolute atomic E-state index is 0.104. The molecule has 1 amide bonds. The minimum Gasteiger partial charge on any atom is -0.481 e. The maximum absolute atomic E-state index is 12.4. The van der Waals surface area contributed by atoms with E-state index in [2.05, 4.69) is 5.32 Å². The van der Waals surface area contributed by atoms with Crippen molar-refractivity contribution in [2.24, 2.45) is 5.92 Å². The number of nitrogens with zero attached hydrogens (tertiary/aromatic N) is 1. The van der Waals surface area contributed by atoms with Crippen LogP contribution in [0.15, 0.2) is 24.3 Å². The van der Waals surface area contributed by atoms with E-state index in [-0.39, 0.29) is 5.91 Å². The molecule has 0 bridgehead atoms. The number of amides is 1. The van der Waals surface area contributed by atoms with Gasteiger partial charge in [-0.15, -0.1) is 0 Å². The van der Waals surface area contributed by atoms with Gasteiger partial charge in [0.05, 0.1) is 5.92 Å². The normalized spacial score (nSPS) is 22.0. The monoisotopic (exact) mass is 274 g/mol. The van der Waals surface area contributed by atoms with E-state index < -0.39 is 11.9 Å². The van der Waals surface area contributed by atoms with E-state index in [1.807, 2.05) is 24.3 Å². The van der Waals surface area contributed by atoms with Crippen molar-refractivity contribution in [2.75, 3.05) is 24.5 Å². The second-order valence-electron chi connectivity index (χ2n) is 5.51. The van der Waals surface area contributed by atoms with Crippen LogP contribution in [-0.2, 0) is 9.59 Å². The summed E-state index contributed by atoms with van der Waals surface area (Å²) in [5.41, 5.74) is 1.52. The van der Waals surface area contributed by atoms with Gasteiger partial charge in [-0.25, -0.2) is 0 Å². The number of carboxylic acid groups (broad SMARTS) is 1. The zero-order valence-corrected chi connectivity index (χ0v) is 11.2. The lowest BCUT2D eigenvalue weighted by atomic mass is 9.89. The van der Waals surface area contributed by atoms with Crippen molar-refractivity contribution in [1.82, 2.24) is 5.32 Å². The standard InChI is InChI=1S/C15H18N2O3/c18-14(7-10-8-16-9-10)17-6-5-12(15(19)20)11-3-1-2-4-13(11)17/h1-4,10,12,16H,5-9H2,(H,19,20). The quantitative estimate of drug-likeness (QED) is 0.869. The van der Waals surface area contributed by atoms with Gasteiger partial charge in [0, 0.05) is 18.7 Å². The van der Waals surface area contributed by atoms with Crippen molar-refractivity contribution in [3.05, 3.63) is 29.8 Å². The molecule has 2 N–H and O–H groups in total. The highest BCUT2D eigenvalue weighted by molar-refractivity contribution is 5.96. The summed E-state index contributed by atoms with van der Waals surface area (Å²) >= 11 is 0. The Hall–Kier alpha value is -1.88. The average molecular weight is 274 g/mol. The third kappa shape index (κ3) is 2.29. The van der Waals surface area contributed by atoms with E-state index in [1.165, 1.54) is 0 Å². The molecule has 1 unspecified atom stereocenters. The molecule has 5 heteroatoms. The lowest BCUT2D eigenvalue weighted by Gasteiger charge is -2.35. The summed E-state index contributed by atoms with van der Waals surface area (Å²) in [6, 6.07) is 7.35. The summed E-state index contributed by atoms with van der Waals surface area (Å²) in [5, 5.41) is 12.5. The Balaban J connectivity index is 1.84. The highest BCUT2D eigenvalue weighted by Gasteiger charge is 2.33. The molecule has 2 aliphatic heterocycles. The molecule has 1 atom stereocenters. The smallest absolute Gasteiger partial charge is 0.311 e. The number of nitrogens with one attached hydrogen (secondary N) is 1. The molecule has 0 aromatic heterocycles. The summed E-state index contributed by atoms with van der Waals surface area (Å²) in [6.45, 7) is 2.30. The number of carboxylic acids is 1. The van der Waals surface area contributed by atoms with E-state index in [0.717, 1.165) is 24.3 Å². The van der Waals surface area contributed by atoms with Gasteiger partial charge < -0.3 is 15.3 Å². The number of hydrogen-bond acceptors (Lipinski definition) is 3. The van der Waals surface area contributed by atoms with Gasteiger partial charge in [0.2, 0.25) is 5.91 Å². The van der Waals surface area contributed by atoms with E-state index in [0.29, 0.717) is 25.3 Å². The molecule has 20 heavy (non-hydrogen) atoms. The van der Waals surface area contributed by atoms with Gasteiger partial charge in [-0.1, -0.05) is 18.2 Å². The molecule has 1 saturated heterocycles. The van der Waals surface area contributed by atoms with Crippen LogP contribution in [0.5, 0.6) is 0 Å². The highest BCUT2D eigenvalue weighted by atomic mass is 16.4. The van der Waals surface area contributed by atoms with Gasteiger partial charge in [0.1, 0.15) is 0 Å². The maximum atomic E-state index is 12.4. The van der Waals surface area contributed by atoms with Gasteiger partial charge >= 0.3 is 5.97 Å². The van der Waals surface area contributed by atoms with E-state index >= 15 is 0 Å². The van der Waals surface area contributed by atoms with Crippen LogP contribution in [0.2, 0.25) is 0 Å². The van der Waals surface area contributed by atoms with Crippen LogP contribution in [0.25, 0.3) is 0 Å². The van der Waals surface area contributed by atoms with Crippen molar-refractivity contribution >= 4 is 17.6 Å². The molecule has 1 fully saturated rings. The number of hydrogen-bond donors (Lipinski definition) is 2. The average Bonchev–Trinajstić information content (AvgIpc) is 2.41. The fourth-order valence-electron chi connectivity index (χ4n) is 2.93. The minimum atomic E-state index is -0.812. The van der Waals surface area contributed by atoms with Crippen molar-refractivity contribution in [1.29, 1.82) is 0 Å². The Morgan fingerprint density at radius 1 is 1.30 bits per heavy atom. The second-order valence-corrected chi connectivity index (χ2v) is 5.51. The number of anilines is 1. The Kier molecular flexibility index (Phi) is 3.44. The molecule has 0 saturated carbocycles. The molecule has 0 radical (unpaired) electrons. The number of carbonyl (C=O) groups is 2. The Morgan fingerprint density at radius 3 is 2.70 bits per heavy atom. The molecule has 2 aliphatic rings. The van der Waals surface area contributed by atoms with Crippen molar-refractivity contribution in [3.8, 4) is 0 Å². The van der Waals surface area contributed by atoms with Crippen LogP contribution in [0.3, 0.4) is 0 Å². The van der Waals surface area contributed by atoms with Gasteiger partial charge in [-0.2, -0.15) is 0 Å². The zero-order valence-electron chi connectivity index (χ0n) is 11.2. The predicted molar refractivity (Wildman–Crippen MR) is 74.8 cm³/mol. The van der Waals surface area contributed by atoms with Gasteiger partial charge in [0.15, 0.2) is 0 Å². The highest BCUT2D eigenvalue weighted by Crippen LogP contribution is 2.35. The number of fused-ring (bicyclic) bond motifs is 1. The van der Waals surface area contributed by atoms with Crippen LogP contribution in [-0.4, -0.2) is 36.6 Å². The zero-order chi connectivity index (χ0) is 14.1. The molecule has 1 aromatic rings. The lowest BCUT2D eigenvalue weighted by Crippen LogP contribution is -2.46. The summed E-state index contributed by atoms with van der Waals surface area (Å²) in [7, 11) is 0. The second kappa shape index (κ2) is 5.25. The predicted octanol–water partition coefficient (Wildman–Crippen LogP) is 1.20. The summed E-state index contributed by atoms with van der Waals surface area (Å²) in [4.78, 5) is 25.5. The number of rotatable bonds is 3. The molecule has 1 aromatic carbocycles. The Labute approximate surface area is 117 Å². The summed E-state index contributed by atoms with van der Waals surface area (Å²) in [5.74, 6) is -0.784. The molecule has 0 spiro atoms. The van der Waals surface area contributed by atoms with E-state index in [9.17, 15) is 14.7 Å². The first-order valence-corrected chi connectivity index (χ1v) is 6.99. The Bertz CT molecular complexity index is 540. The fourth-order valence-corrected chi connectivity index (χ4v) is 2.93. The first-order valence-electron chi connectivity index (χ1n) is 6.99. The van der Waals surface area contributed by atoms with Gasteiger partial charge in [-0.3, -0.25) is 9.59 Å². The van der Waals surface area contributed by atoms with E-state index in [1.54, 1.807) is 4.90 Å². The molecular weight excluding hydrogens is 256 g/mol. The maximum Gasteiger partial charge on any atom is 0.311 e. The van der Waals surface area contributed by atoms with Crippen molar-refractivity contribution in [2.45, 2.75) is 18.8 Å². The molecule has 0 aliphatic carbocycles. The topological polar surface area (TPSA) is 69.6 Å². The van der Waals surface area contributed by atoms with Crippen LogP contribution >= 0.6 is 0 Å². The number of carbonyl (C=O) groups excluding carboxylic acids is 1. The van der Waals surface area contributed by atoms with Crippen LogP contribution in [0.4, 0.5) is 5.69 Å². The molecule has 2 heterocycles. The van der Waals surface area contributed by atoms with Crippen LogP contribution < -0.4 is 10.2 Å². The Morgan fingerprint density at radius 2 is 2.05 bits per heavy atom. The van der Waals surface area contributed by atoms with Gasteiger partial charge in [-0.05, 0) is 37.1 Å². The molecule has 3 rings (SSSR count). The van der Waals surface area contributed by atoms with E-state index in [4.69, 9.17) is 0 Å². The number of para-hydroxylation sites is 1. The first-order chi connectivity index (χ1) is 9.66. The van der Waals surface area contributed by atoms with Gasteiger partial charge in [0.25, 0.3) is 0 Å². The number of aliphatic carboxylic acids is 1. The fraction of sp³-hybridized carbons (Fsp3) is 0.467. The van der Waals surface area contributed by atoms with Crippen molar-refractivity contribution < 1.29 is 14.7 Å². The van der Waals surface area contributed by atoms with Crippen LogP contribution in [0.1, 0.15) is 24.3 Å². The summed E-state index contributed by atoms with van der Waals surface area (Å²) < 4.78 is 0.